The zero-order valence-electron chi connectivity index (χ0n) is 13.2. The number of thiazole rings is 1. The fraction of sp³-hybridized carbons (Fsp3) is 0.111. The summed E-state index contributed by atoms with van der Waals surface area (Å²) >= 11 is 1.45. The van der Waals surface area contributed by atoms with Gasteiger partial charge in [-0.2, -0.15) is 0 Å². The maximum absolute atomic E-state index is 12.1. The van der Waals surface area contributed by atoms with E-state index >= 15 is 0 Å². The van der Waals surface area contributed by atoms with Crippen molar-refractivity contribution in [3.63, 3.8) is 0 Å². The van der Waals surface area contributed by atoms with Crippen LogP contribution in [0.5, 0.6) is 0 Å². The molecular weight excluding hydrogens is 336 g/mol. The molecule has 1 amide bonds. The number of rotatable bonds is 5. The third kappa shape index (κ3) is 3.56. The van der Waals surface area contributed by atoms with Crippen molar-refractivity contribution in [2.75, 3.05) is 5.32 Å². The number of aromatic nitrogens is 3. The van der Waals surface area contributed by atoms with Crippen LogP contribution < -0.4 is 5.32 Å². The van der Waals surface area contributed by atoms with Gasteiger partial charge in [0.2, 0.25) is 17.7 Å². The normalized spacial score (nSPS) is 10.9. The van der Waals surface area contributed by atoms with E-state index in [1.807, 2.05) is 54.6 Å². The molecule has 2 aromatic heterocycles. The van der Waals surface area contributed by atoms with E-state index in [1.165, 1.54) is 11.3 Å². The van der Waals surface area contributed by atoms with Gasteiger partial charge < -0.3 is 9.73 Å². The van der Waals surface area contributed by atoms with Gasteiger partial charge in [-0.1, -0.05) is 41.7 Å². The Balaban J connectivity index is 1.36. The Morgan fingerprint density at radius 1 is 1.04 bits per heavy atom. The Bertz CT molecular complexity index is 977. The van der Waals surface area contributed by atoms with Crippen molar-refractivity contribution in [1.29, 1.82) is 0 Å². The molecular formula is C18H14N4O2S. The fourth-order valence-corrected chi connectivity index (χ4v) is 3.26. The summed E-state index contributed by atoms with van der Waals surface area (Å²) in [5.41, 5.74) is 1.74. The van der Waals surface area contributed by atoms with Crippen molar-refractivity contribution in [3.8, 4) is 11.5 Å². The summed E-state index contributed by atoms with van der Waals surface area (Å²) in [6.07, 6.45) is 0.642. The smallest absolute Gasteiger partial charge is 0.247 e. The highest BCUT2D eigenvalue weighted by Gasteiger charge is 2.12. The number of fused-ring (bicyclic) bond motifs is 1. The molecule has 4 aromatic rings. The lowest BCUT2D eigenvalue weighted by Gasteiger charge is -1.99. The number of amides is 1. The van der Waals surface area contributed by atoms with Gasteiger partial charge in [-0.25, -0.2) is 4.98 Å². The predicted octanol–water partition coefficient (Wildman–Crippen LogP) is 3.92. The molecule has 0 atom stereocenters. The van der Waals surface area contributed by atoms with Gasteiger partial charge in [0.15, 0.2) is 5.13 Å². The van der Waals surface area contributed by atoms with Crippen molar-refractivity contribution < 1.29 is 9.21 Å². The van der Waals surface area contributed by atoms with Crippen LogP contribution in [0.25, 0.3) is 21.7 Å². The number of para-hydroxylation sites is 1. The number of nitrogens with zero attached hydrogens (tertiary/aromatic N) is 3. The van der Waals surface area contributed by atoms with Crippen molar-refractivity contribution in [2.24, 2.45) is 0 Å². The largest absolute Gasteiger partial charge is 0.421 e. The number of nitrogens with one attached hydrogen (secondary N) is 1. The van der Waals surface area contributed by atoms with Crippen LogP contribution in [0.15, 0.2) is 59.0 Å². The molecule has 6 nitrogen and oxygen atoms in total. The highest BCUT2D eigenvalue weighted by Crippen LogP contribution is 2.25. The molecule has 0 unspecified atom stereocenters. The first-order chi connectivity index (χ1) is 12.3. The van der Waals surface area contributed by atoms with Crippen LogP contribution in [0.2, 0.25) is 0 Å². The molecule has 0 spiro atoms. The molecule has 0 fully saturated rings. The lowest BCUT2D eigenvalue weighted by atomic mass is 10.2. The average Bonchev–Trinajstić information content (AvgIpc) is 3.27. The van der Waals surface area contributed by atoms with Crippen molar-refractivity contribution >= 4 is 32.6 Å². The second-order valence-electron chi connectivity index (χ2n) is 5.40. The molecule has 25 heavy (non-hydrogen) atoms. The van der Waals surface area contributed by atoms with Gasteiger partial charge >= 0.3 is 0 Å². The molecule has 0 aliphatic heterocycles. The molecule has 0 radical (unpaired) electrons. The maximum Gasteiger partial charge on any atom is 0.247 e. The first kappa shape index (κ1) is 15.5. The minimum atomic E-state index is -0.126. The molecule has 2 aromatic carbocycles. The van der Waals surface area contributed by atoms with Gasteiger partial charge in [0.25, 0.3) is 0 Å². The second kappa shape index (κ2) is 6.82. The molecule has 7 heteroatoms. The Morgan fingerprint density at radius 2 is 1.84 bits per heavy atom. The SMILES string of the molecule is O=C(CCc1nnc(-c2ccccc2)o1)Nc1nc2ccccc2s1. The molecule has 2 heterocycles. The summed E-state index contributed by atoms with van der Waals surface area (Å²) in [5.74, 6) is 0.777. The van der Waals surface area contributed by atoms with Crippen LogP contribution in [-0.2, 0) is 11.2 Å². The van der Waals surface area contributed by atoms with Crippen LogP contribution >= 0.6 is 11.3 Å². The number of hydrogen-bond donors (Lipinski definition) is 1. The zero-order valence-corrected chi connectivity index (χ0v) is 14.0. The van der Waals surface area contributed by atoms with E-state index in [0.717, 1.165) is 15.8 Å². The second-order valence-corrected chi connectivity index (χ2v) is 6.43. The molecule has 0 saturated heterocycles. The molecule has 0 saturated carbocycles. The lowest BCUT2D eigenvalue weighted by Crippen LogP contribution is -2.12. The van der Waals surface area contributed by atoms with Gasteiger partial charge in [0.05, 0.1) is 10.2 Å². The first-order valence-electron chi connectivity index (χ1n) is 7.81. The number of hydrogen-bond acceptors (Lipinski definition) is 6. The van der Waals surface area contributed by atoms with E-state index in [9.17, 15) is 4.79 Å². The third-order valence-corrected chi connectivity index (χ3v) is 4.55. The predicted molar refractivity (Wildman–Crippen MR) is 96.3 cm³/mol. The van der Waals surface area contributed by atoms with Crippen molar-refractivity contribution in [1.82, 2.24) is 15.2 Å². The summed E-state index contributed by atoms with van der Waals surface area (Å²) in [6.45, 7) is 0. The van der Waals surface area contributed by atoms with Crippen molar-refractivity contribution in [3.05, 3.63) is 60.5 Å². The van der Waals surface area contributed by atoms with Gasteiger partial charge in [0, 0.05) is 18.4 Å². The third-order valence-electron chi connectivity index (χ3n) is 3.59. The fourth-order valence-electron chi connectivity index (χ4n) is 2.38. The Kier molecular flexibility index (Phi) is 4.22. The first-order valence-corrected chi connectivity index (χ1v) is 8.63. The van der Waals surface area contributed by atoms with E-state index < -0.39 is 0 Å². The van der Waals surface area contributed by atoms with E-state index in [2.05, 4.69) is 20.5 Å². The number of carbonyl (C=O) groups excluding carboxylic acids is 1. The van der Waals surface area contributed by atoms with Crippen LogP contribution in [0, 0.1) is 0 Å². The zero-order chi connectivity index (χ0) is 17.1. The van der Waals surface area contributed by atoms with Crippen LogP contribution in [0.1, 0.15) is 12.3 Å². The quantitative estimate of drug-likeness (QED) is 0.590. The van der Waals surface area contributed by atoms with Crippen LogP contribution in [0.3, 0.4) is 0 Å². The minimum absolute atomic E-state index is 0.126. The van der Waals surface area contributed by atoms with Crippen LogP contribution in [0.4, 0.5) is 5.13 Å². The topological polar surface area (TPSA) is 80.9 Å². The summed E-state index contributed by atoms with van der Waals surface area (Å²) in [4.78, 5) is 16.5. The Hall–Kier alpha value is -3.06. The van der Waals surface area contributed by atoms with Crippen LogP contribution in [-0.4, -0.2) is 21.1 Å². The van der Waals surface area contributed by atoms with Gasteiger partial charge in [-0.05, 0) is 24.3 Å². The Labute approximate surface area is 147 Å². The minimum Gasteiger partial charge on any atom is -0.421 e. The van der Waals surface area contributed by atoms with E-state index in [-0.39, 0.29) is 12.3 Å². The summed E-state index contributed by atoms with van der Waals surface area (Å²) in [6, 6.07) is 17.3. The lowest BCUT2D eigenvalue weighted by molar-refractivity contribution is -0.116. The monoisotopic (exact) mass is 350 g/mol. The number of anilines is 1. The van der Waals surface area contributed by atoms with E-state index in [0.29, 0.717) is 23.3 Å². The highest BCUT2D eigenvalue weighted by atomic mass is 32.1. The summed E-state index contributed by atoms with van der Waals surface area (Å²) < 4.78 is 6.65. The number of aryl methyl sites for hydroxylation is 1. The standard InChI is InChI=1S/C18H14N4O2S/c23-15(20-18-19-13-8-4-5-9-14(13)25-18)10-11-16-21-22-17(24-16)12-6-2-1-3-7-12/h1-9H,10-11H2,(H,19,20,23). The number of benzene rings is 2. The number of carbonyl (C=O) groups is 1. The summed E-state index contributed by atoms with van der Waals surface area (Å²) in [5, 5.41) is 11.4. The Morgan fingerprint density at radius 3 is 2.68 bits per heavy atom. The summed E-state index contributed by atoms with van der Waals surface area (Å²) in [7, 11) is 0. The van der Waals surface area contributed by atoms with E-state index in [4.69, 9.17) is 4.42 Å². The molecule has 124 valence electrons. The van der Waals surface area contributed by atoms with Gasteiger partial charge in [-0.3, -0.25) is 4.79 Å². The van der Waals surface area contributed by atoms with E-state index in [1.54, 1.807) is 0 Å². The van der Waals surface area contributed by atoms with Gasteiger partial charge in [-0.15, -0.1) is 10.2 Å². The highest BCUT2D eigenvalue weighted by molar-refractivity contribution is 7.22. The molecule has 1 N–H and O–H groups in total. The average molecular weight is 350 g/mol. The molecule has 0 aliphatic carbocycles. The molecule has 0 bridgehead atoms. The molecule has 0 aliphatic rings. The maximum atomic E-state index is 12.1. The van der Waals surface area contributed by atoms with Crippen molar-refractivity contribution in [2.45, 2.75) is 12.8 Å². The molecule has 4 rings (SSSR count). The van der Waals surface area contributed by atoms with Gasteiger partial charge in [0.1, 0.15) is 0 Å².